The third-order valence-corrected chi connectivity index (χ3v) is 1.02. The SMILES string of the molecule is C=C(CNC(=O)OCC)C(=O)O. The van der Waals surface area contributed by atoms with Gasteiger partial charge in [-0.1, -0.05) is 6.58 Å². The second-order valence-electron chi connectivity index (χ2n) is 1.98. The van der Waals surface area contributed by atoms with Crippen molar-refractivity contribution in [2.24, 2.45) is 0 Å². The third kappa shape index (κ3) is 4.32. The number of hydrogen-bond acceptors (Lipinski definition) is 3. The summed E-state index contributed by atoms with van der Waals surface area (Å²) in [7, 11) is 0. The smallest absolute Gasteiger partial charge is 0.407 e. The third-order valence-electron chi connectivity index (χ3n) is 1.02. The highest BCUT2D eigenvalue weighted by Gasteiger charge is 2.05. The Morgan fingerprint density at radius 2 is 2.17 bits per heavy atom. The molecule has 0 aliphatic carbocycles. The van der Waals surface area contributed by atoms with Gasteiger partial charge in [0.2, 0.25) is 0 Å². The lowest BCUT2D eigenvalue weighted by Gasteiger charge is -2.03. The number of nitrogens with one attached hydrogen (secondary N) is 1. The highest BCUT2D eigenvalue weighted by Crippen LogP contribution is 1.87. The molecule has 1 amide bonds. The fourth-order valence-corrected chi connectivity index (χ4v) is 0.437. The summed E-state index contributed by atoms with van der Waals surface area (Å²) < 4.78 is 4.49. The van der Waals surface area contributed by atoms with Gasteiger partial charge in [0.15, 0.2) is 0 Å². The number of ether oxygens (including phenoxy) is 1. The first-order chi connectivity index (χ1) is 5.57. The van der Waals surface area contributed by atoms with Crippen LogP contribution in [-0.4, -0.2) is 30.3 Å². The maximum atomic E-state index is 10.6. The van der Waals surface area contributed by atoms with Crippen LogP contribution in [0.1, 0.15) is 6.92 Å². The lowest BCUT2D eigenvalue weighted by molar-refractivity contribution is -0.132. The van der Waals surface area contributed by atoms with E-state index >= 15 is 0 Å². The van der Waals surface area contributed by atoms with E-state index in [2.05, 4.69) is 16.6 Å². The molecule has 0 aromatic heterocycles. The molecule has 0 aliphatic heterocycles. The molecule has 0 unspecified atom stereocenters. The highest BCUT2D eigenvalue weighted by atomic mass is 16.5. The maximum absolute atomic E-state index is 10.6. The average molecular weight is 173 g/mol. The van der Waals surface area contributed by atoms with E-state index < -0.39 is 12.1 Å². The van der Waals surface area contributed by atoms with E-state index in [0.29, 0.717) is 0 Å². The van der Waals surface area contributed by atoms with Crippen LogP contribution in [0.2, 0.25) is 0 Å². The van der Waals surface area contributed by atoms with Crippen LogP contribution < -0.4 is 5.32 Å². The molecule has 12 heavy (non-hydrogen) atoms. The Bertz CT molecular complexity index is 200. The lowest BCUT2D eigenvalue weighted by Crippen LogP contribution is -2.27. The van der Waals surface area contributed by atoms with Crippen LogP contribution in [0.3, 0.4) is 0 Å². The molecular formula is C7H11NO4. The van der Waals surface area contributed by atoms with Crippen LogP contribution in [0.25, 0.3) is 0 Å². The van der Waals surface area contributed by atoms with E-state index in [1.165, 1.54) is 0 Å². The van der Waals surface area contributed by atoms with Gasteiger partial charge < -0.3 is 15.2 Å². The van der Waals surface area contributed by atoms with Crippen LogP contribution in [0, 0.1) is 0 Å². The molecule has 0 aromatic rings. The summed E-state index contributed by atoms with van der Waals surface area (Å²) in [4.78, 5) is 20.8. The number of carboxylic acid groups (broad SMARTS) is 1. The van der Waals surface area contributed by atoms with Crippen molar-refractivity contribution in [3.05, 3.63) is 12.2 Å². The molecule has 0 aromatic carbocycles. The molecule has 0 fully saturated rings. The van der Waals surface area contributed by atoms with Crippen molar-refractivity contribution in [1.29, 1.82) is 0 Å². The van der Waals surface area contributed by atoms with Crippen molar-refractivity contribution < 1.29 is 19.4 Å². The second kappa shape index (κ2) is 5.17. The fourth-order valence-electron chi connectivity index (χ4n) is 0.437. The summed E-state index contributed by atoms with van der Waals surface area (Å²) in [5, 5.41) is 10.6. The molecule has 2 N–H and O–H groups in total. The van der Waals surface area contributed by atoms with Gasteiger partial charge in [-0.25, -0.2) is 9.59 Å². The summed E-state index contributed by atoms with van der Waals surface area (Å²) in [5.41, 5.74) is -0.0805. The van der Waals surface area contributed by atoms with Gasteiger partial charge in [0, 0.05) is 5.57 Å². The molecule has 0 radical (unpaired) electrons. The number of amides is 1. The molecule has 68 valence electrons. The molecular weight excluding hydrogens is 162 g/mol. The van der Waals surface area contributed by atoms with E-state index in [1.807, 2.05) is 0 Å². The first-order valence-electron chi connectivity index (χ1n) is 3.39. The zero-order chi connectivity index (χ0) is 9.56. The van der Waals surface area contributed by atoms with Gasteiger partial charge in [0.1, 0.15) is 0 Å². The van der Waals surface area contributed by atoms with E-state index in [-0.39, 0.29) is 18.7 Å². The van der Waals surface area contributed by atoms with Crippen molar-refractivity contribution in [3.63, 3.8) is 0 Å². The minimum atomic E-state index is -1.13. The number of carbonyl (C=O) groups is 2. The Kier molecular flexibility index (Phi) is 4.52. The Hall–Kier alpha value is -1.52. The van der Waals surface area contributed by atoms with Crippen LogP contribution >= 0.6 is 0 Å². The normalized spacial score (nSPS) is 8.75. The summed E-state index contributed by atoms with van der Waals surface area (Å²) >= 11 is 0. The molecule has 0 aliphatic rings. The summed E-state index contributed by atoms with van der Waals surface area (Å²) in [5.74, 6) is -1.13. The van der Waals surface area contributed by atoms with Crippen molar-refractivity contribution in [3.8, 4) is 0 Å². The molecule has 0 saturated carbocycles. The number of alkyl carbamates (subject to hydrolysis) is 1. The minimum Gasteiger partial charge on any atom is -0.478 e. The van der Waals surface area contributed by atoms with Gasteiger partial charge in [-0.3, -0.25) is 0 Å². The predicted octanol–water partition coefficient (Wildman–Crippen LogP) is 0.373. The van der Waals surface area contributed by atoms with Crippen molar-refractivity contribution >= 4 is 12.1 Å². The zero-order valence-electron chi connectivity index (χ0n) is 6.79. The number of aliphatic carboxylic acids is 1. The van der Waals surface area contributed by atoms with Crippen LogP contribution in [0.5, 0.6) is 0 Å². The topological polar surface area (TPSA) is 75.6 Å². The molecule has 0 atom stereocenters. The molecule has 0 rings (SSSR count). The van der Waals surface area contributed by atoms with Gasteiger partial charge >= 0.3 is 12.1 Å². The van der Waals surface area contributed by atoms with Gasteiger partial charge in [0.05, 0.1) is 13.2 Å². The van der Waals surface area contributed by atoms with E-state index in [4.69, 9.17) is 5.11 Å². The van der Waals surface area contributed by atoms with E-state index in [1.54, 1.807) is 6.92 Å². The quantitative estimate of drug-likeness (QED) is 0.602. The monoisotopic (exact) mass is 173 g/mol. The number of rotatable bonds is 4. The van der Waals surface area contributed by atoms with Gasteiger partial charge in [-0.05, 0) is 6.92 Å². The van der Waals surface area contributed by atoms with Crippen LogP contribution in [0.4, 0.5) is 4.79 Å². The van der Waals surface area contributed by atoms with Crippen LogP contribution in [-0.2, 0) is 9.53 Å². The predicted molar refractivity (Wildman–Crippen MR) is 41.8 cm³/mol. The molecule has 0 bridgehead atoms. The number of carbonyl (C=O) groups excluding carboxylic acids is 1. The first kappa shape index (κ1) is 10.5. The highest BCUT2D eigenvalue weighted by molar-refractivity contribution is 5.87. The minimum absolute atomic E-state index is 0.0805. The van der Waals surface area contributed by atoms with E-state index in [0.717, 1.165) is 0 Å². The number of hydrogen-bond donors (Lipinski definition) is 2. The largest absolute Gasteiger partial charge is 0.478 e. The van der Waals surface area contributed by atoms with Crippen molar-refractivity contribution in [1.82, 2.24) is 5.32 Å². The van der Waals surface area contributed by atoms with Crippen LogP contribution in [0.15, 0.2) is 12.2 Å². The summed E-state index contributed by atoms with van der Waals surface area (Å²) in [6.07, 6.45) is -0.639. The van der Waals surface area contributed by atoms with Crippen molar-refractivity contribution in [2.45, 2.75) is 6.92 Å². The molecule has 0 saturated heterocycles. The molecule has 5 nitrogen and oxygen atoms in total. The summed E-state index contributed by atoms with van der Waals surface area (Å²) in [6, 6.07) is 0. The Balaban J connectivity index is 3.61. The van der Waals surface area contributed by atoms with Gasteiger partial charge in [0.25, 0.3) is 0 Å². The van der Waals surface area contributed by atoms with Crippen molar-refractivity contribution in [2.75, 3.05) is 13.2 Å². The number of carboxylic acids is 1. The maximum Gasteiger partial charge on any atom is 0.407 e. The standard InChI is InChI=1S/C7H11NO4/c1-3-12-7(11)8-4-5(2)6(9)10/h2-4H2,1H3,(H,8,11)(H,9,10). The zero-order valence-corrected chi connectivity index (χ0v) is 6.79. The Morgan fingerprint density at radius 3 is 2.58 bits per heavy atom. The molecule has 5 heteroatoms. The molecule has 0 heterocycles. The van der Waals surface area contributed by atoms with Gasteiger partial charge in [-0.15, -0.1) is 0 Å². The summed E-state index contributed by atoms with van der Waals surface area (Å²) in [6.45, 7) is 5.03. The average Bonchev–Trinajstić information content (AvgIpc) is 2.00. The molecule has 0 spiro atoms. The fraction of sp³-hybridized carbons (Fsp3) is 0.429. The van der Waals surface area contributed by atoms with E-state index in [9.17, 15) is 9.59 Å². The van der Waals surface area contributed by atoms with Gasteiger partial charge in [-0.2, -0.15) is 0 Å². The Labute approximate surface area is 70.0 Å². The lowest BCUT2D eigenvalue weighted by atomic mass is 10.3. The Morgan fingerprint density at radius 1 is 1.58 bits per heavy atom. The first-order valence-corrected chi connectivity index (χ1v) is 3.39. The second-order valence-corrected chi connectivity index (χ2v) is 1.98.